The first-order valence-electron chi connectivity index (χ1n) is 17.9. The zero-order valence-electron chi connectivity index (χ0n) is 28.9. The lowest BCUT2D eigenvalue weighted by atomic mass is 9.82. The molecule has 0 spiro atoms. The highest BCUT2D eigenvalue weighted by molar-refractivity contribution is 7.26. The topological polar surface area (TPSA) is 3.24 Å². The summed E-state index contributed by atoms with van der Waals surface area (Å²) in [7, 11) is 0. The van der Waals surface area contributed by atoms with Gasteiger partial charge in [0.05, 0.1) is 5.69 Å². The summed E-state index contributed by atoms with van der Waals surface area (Å²) < 4.78 is 5.23. The quantitative estimate of drug-likeness (QED) is 0.177. The van der Waals surface area contributed by atoms with Crippen LogP contribution in [0.2, 0.25) is 0 Å². The molecule has 52 heavy (non-hydrogen) atoms. The van der Waals surface area contributed by atoms with Gasteiger partial charge in [-0.05, 0) is 93.2 Å². The molecule has 0 aliphatic heterocycles. The lowest BCUT2D eigenvalue weighted by molar-refractivity contribution is 0.660. The molecule has 0 saturated carbocycles. The second kappa shape index (κ2) is 11.1. The van der Waals surface area contributed by atoms with Gasteiger partial charge in [0.1, 0.15) is 0 Å². The van der Waals surface area contributed by atoms with Crippen LogP contribution in [0.5, 0.6) is 0 Å². The van der Waals surface area contributed by atoms with Crippen LogP contribution in [0.15, 0.2) is 164 Å². The molecule has 10 aromatic rings. The van der Waals surface area contributed by atoms with Crippen LogP contribution in [0.3, 0.4) is 0 Å². The average Bonchev–Trinajstić information content (AvgIpc) is 3.82. The van der Waals surface area contributed by atoms with E-state index in [0.717, 1.165) is 5.69 Å². The van der Waals surface area contributed by atoms with E-state index in [-0.39, 0.29) is 5.41 Å². The van der Waals surface area contributed by atoms with Gasteiger partial charge in [-0.15, -0.1) is 22.7 Å². The monoisotopic (exact) mass is 699 g/mol. The Bertz CT molecular complexity index is 3070. The van der Waals surface area contributed by atoms with Crippen molar-refractivity contribution in [2.75, 3.05) is 4.90 Å². The van der Waals surface area contributed by atoms with E-state index in [1.165, 1.54) is 95.9 Å². The van der Waals surface area contributed by atoms with E-state index in [2.05, 4.69) is 183 Å². The Morgan fingerprint density at radius 1 is 0.442 bits per heavy atom. The Morgan fingerprint density at radius 2 is 1.10 bits per heavy atom. The molecular weight excluding hydrogens is 667 g/mol. The Balaban J connectivity index is 1.23. The van der Waals surface area contributed by atoms with Crippen LogP contribution >= 0.6 is 22.7 Å². The molecule has 3 heteroatoms. The number of hydrogen-bond donors (Lipinski definition) is 0. The molecule has 0 atom stereocenters. The number of fused-ring (bicyclic) bond motifs is 10. The fourth-order valence-electron chi connectivity index (χ4n) is 8.74. The van der Waals surface area contributed by atoms with Gasteiger partial charge in [-0.25, -0.2) is 0 Å². The molecule has 11 rings (SSSR count). The molecule has 1 aliphatic carbocycles. The van der Waals surface area contributed by atoms with Crippen molar-refractivity contribution in [3.8, 4) is 22.3 Å². The first-order chi connectivity index (χ1) is 25.5. The maximum Gasteiger partial charge on any atom is 0.0547 e. The summed E-state index contributed by atoms with van der Waals surface area (Å²) in [6, 6.07) is 61.2. The molecule has 0 saturated heterocycles. The van der Waals surface area contributed by atoms with Gasteiger partial charge in [-0.2, -0.15) is 0 Å². The second-order valence-corrected chi connectivity index (χ2v) is 16.7. The van der Waals surface area contributed by atoms with Crippen LogP contribution < -0.4 is 4.90 Å². The van der Waals surface area contributed by atoms with E-state index < -0.39 is 0 Å². The first-order valence-corrected chi connectivity index (χ1v) is 19.6. The summed E-state index contributed by atoms with van der Waals surface area (Å²) in [4.78, 5) is 2.53. The standard InChI is InChI=1S/C49H33NS2/c1-49(2)40-16-8-5-13-35(40)36-23-21-33(28-41(36)49)50(34-22-24-38-37-14-6-9-17-43(37)52-46(38)29-34)42-25-26-45-48(39-15-7-10-18-44(39)51-45)47(42)32-20-19-30-11-3-4-12-31(30)27-32/h3-29H,1-2H3. The van der Waals surface area contributed by atoms with Crippen LogP contribution in [0.4, 0.5) is 17.1 Å². The van der Waals surface area contributed by atoms with E-state index in [1.54, 1.807) is 0 Å². The van der Waals surface area contributed by atoms with Gasteiger partial charge in [0, 0.05) is 62.7 Å². The van der Waals surface area contributed by atoms with Crippen molar-refractivity contribution in [1.29, 1.82) is 0 Å². The first kappa shape index (κ1) is 29.9. The van der Waals surface area contributed by atoms with Gasteiger partial charge in [-0.3, -0.25) is 0 Å². The van der Waals surface area contributed by atoms with E-state index in [9.17, 15) is 0 Å². The predicted octanol–water partition coefficient (Wildman–Crippen LogP) is 15.0. The fourth-order valence-corrected chi connectivity index (χ4v) is 11.0. The third-order valence-corrected chi connectivity index (χ3v) is 13.5. The summed E-state index contributed by atoms with van der Waals surface area (Å²) in [5.74, 6) is 0. The maximum atomic E-state index is 2.53. The summed E-state index contributed by atoms with van der Waals surface area (Å²) in [6.45, 7) is 4.75. The highest BCUT2D eigenvalue weighted by Crippen LogP contribution is 2.53. The predicted molar refractivity (Wildman–Crippen MR) is 227 cm³/mol. The van der Waals surface area contributed by atoms with Crippen molar-refractivity contribution in [2.24, 2.45) is 0 Å². The summed E-state index contributed by atoms with van der Waals surface area (Å²) >= 11 is 3.76. The molecule has 2 heterocycles. The number of benzene rings is 8. The number of thiophene rings is 2. The molecule has 0 amide bonds. The number of anilines is 3. The van der Waals surface area contributed by atoms with E-state index in [1.807, 2.05) is 22.7 Å². The highest BCUT2D eigenvalue weighted by atomic mass is 32.1. The van der Waals surface area contributed by atoms with Gasteiger partial charge in [0.2, 0.25) is 0 Å². The largest absolute Gasteiger partial charge is 0.310 e. The average molecular weight is 700 g/mol. The third-order valence-electron chi connectivity index (χ3n) is 11.2. The number of hydrogen-bond acceptors (Lipinski definition) is 3. The summed E-state index contributed by atoms with van der Waals surface area (Å²) in [6.07, 6.45) is 0. The zero-order chi connectivity index (χ0) is 34.6. The smallest absolute Gasteiger partial charge is 0.0547 e. The Morgan fingerprint density at radius 3 is 1.98 bits per heavy atom. The molecule has 2 aromatic heterocycles. The van der Waals surface area contributed by atoms with Gasteiger partial charge in [0.25, 0.3) is 0 Å². The van der Waals surface area contributed by atoms with Gasteiger partial charge in [-0.1, -0.05) is 123 Å². The summed E-state index contributed by atoms with van der Waals surface area (Å²) in [5.41, 5.74) is 11.3. The molecule has 0 unspecified atom stereocenters. The zero-order valence-corrected chi connectivity index (χ0v) is 30.5. The van der Waals surface area contributed by atoms with E-state index in [4.69, 9.17) is 0 Å². The lowest BCUT2D eigenvalue weighted by Gasteiger charge is -2.30. The van der Waals surface area contributed by atoms with Crippen LogP contribution in [-0.4, -0.2) is 0 Å². The molecule has 0 bridgehead atoms. The van der Waals surface area contributed by atoms with Crippen LogP contribution in [0.1, 0.15) is 25.0 Å². The minimum Gasteiger partial charge on any atom is -0.310 e. The normalized spacial score (nSPS) is 13.3. The Labute approximate surface area is 310 Å². The number of rotatable bonds is 4. The molecule has 1 nitrogen and oxygen atoms in total. The molecule has 1 aliphatic rings. The maximum absolute atomic E-state index is 2.53. The Hall–Kier alpha value is -5.74. The van der Waals surface area contributed by atoms with Crippen LogP contribution in [0, 0.1) is 0 Å². The SMILES string of the molecule is CC1(C)c2ccccc2-c2ccc(N(c3ccc4c(c3)sc3ccccc34)c3ccc4sc5ccccc5c4c3-c3ccc4ccccc4c3)cc21. The van der Waals surface area contributed by atoms with Crippen molar-refractivity contribution in [3.63, 3.8) is 0 Å². The van der Waals surface area contributed by atoms with Crippen molar-refractivity contribution >= 4 is 90.9 Å². The third kappa shape index (κ3) is 4.33. The lowest BCUT2D eigenvalue weighted by Crippen LogP contribution is -2.17. The van der Waals surface area contributed by atoms with E-state index in [0.29, 0.717) is 0 Å². The number of nitrogens with zero attached hydrogens (tertiary/aromatic N) is 1. The minimum atomic E-state index is -0.113. The molecule has 0 radical (unpaired) electrons. The van der Waals surface area contributed by atoms with Crippen molar-refractivity contribution in [3.05, 3.63) is 175 Å². The van der Waals surface area contributed by atoms with Crippen molar-refractivity contribution in [2.45, 2.75) is 19.3 Å². The minimum absolute atomic E-state index is 0.113. The van der Waals surface area contributed by atoms with Crippen LogP contribution in [0.25, 0.3) is 73.4 Å². The van der Waals surface area contributed by atoms with Gasteiger partial charge >= 0.3 is 0 Å². The molecule has 8 aromatic carbocycles. The van der Waals surface area contributed by atoms with E-state index >= 15 is 0 Å². The van der Waals surface area contributed by atoms with Gasteiger partial charge < -0.3 is 4.90 Å². The molecule has 246 valence electrons. The van der Waals surface area contributed by atoms with Crippen LogP contribution in [-0.2, 0) is 5.41 Å². The Kier molecular flexibility index (Phi) is 6.41. The van der Waals surface area contributed by atoms with Crippen molar-refractivity contribution in [1.82, 2.24) is 0 Å². The van der Waals surface area contributed by atoms with Gasteiger partial charge in [0.15, 0.2) is 0 Å². The summed E-state index contributed by atoms with van der Waals surface area (Å²) in [5, 5.41) is 7.75. The molecular formula is C49H33NS2. The highest BCUT2D eigenvalue weighted by Gasteiger charge is 2.36. The van der Waals surface area contributed by atoms with Crippen molar-refractivity contribution < 1.29 is 0 Å². The fraction of sp³-hybridized carbons (Fsp3) is 0.0612. The molecule has 0 fully saturated rings. The second-order valence-electron chi connectivity index (χ2n) is 14.5. The molecule has 0 N–H and O–H groups in total.